The maximum absolute atomic E-state index is 11.8. The molecule has 0 aliphatic carbocycles. The largest absolute Gasteiger partial charge is 0.377 e. The van der Waals surface area contributed by atoms with Gasteiger partial charge in [-0.15, -0.1) is 10.2 Å². The number of hydrogen-bond donors (Lipinski definition) is 2. The highest BCUT2D eigenvalue weighted by molar-refractivity contribution is 7.15. The average Bonchev–Trinajstić information content (AvgIpc) is 2.85. The zero-order valence-corrected chi connectivity index (χ0v) is 12.2. The van der Waals surface area contributed by atoms with Crippen LogP contribution in [0, 0.1) is 6.92 Å². The minimum Gasteiger partial charge on any atom is -0.377 e. The van der Waals surface area contributed by atoms with Crippen LogP contribution < -0.4 is 10.6 Å². The number of amides is 1. The van der Waals surface area contributed by atoms with Gasteiger partial charge in [-0.2, -0.15) is 0 Å². The first kappa shape index (κ1) is 14.4. The van der Waals surface area contributed by atoms with Gasteiger partial charge in [-0.1, -0.05) is 29.5 Å². The van der Waals surface area contributed by atoms with Gasteiger partial charge in [0.1, 0.15) is 11.6 Å². The van der Waals surface area contributed by atoms with Gasteiger partial charge in [0, 0.05) is 12.8 Å². The van der Waals surface area contributed by atoms with Crippen molar-refractivity contribution >= 4 is 28.1 Å². The number of carbonyl (C=O) groups excluding carboxylic acids is 1. The first-order valence-corrected chi connectivity index (χ1v) is 6.91. The quantitative estimate of drug-likeness (QED) is 0.852. The molecule has 1 heterocycles. The Bertz CT molecular complexity index is 585. The van der Waals surface area contributed by atoms with Crippen LogP contribution in [0.4, 0.5) is 10.8 Å². The fourth-order valence-electron chi connectivity index (χ4n) is 1.60. The number of benzene rings is 1. The molecule has 106 valence electrons. The van der Waals surface area contributed by atoms with Gasteiger partial charge < -0.3 is 10.1 Å². The molecule has 7 heteroatoms. The minimum atomic E-state index is -0.159. The molecule has 0 bridgehead atoms. The Kier molecular flexibility index (Phi) is 5.03. The molecule has 0 radical (unpaired) electrons. The predicted octanol–water partition coefficient (Wildman–Crippen LogP) is 2.04. The number of methoxy groups -OCH3 is 1. The lowest BCUT2D eigenvalue weighted by atomic mass is 10.2. The molecule has 0 unspecified atom stereocenters. The second kappa shape index (κ2) is 6.97. The van der Waals surface area contributed by atoms with E-state index in [4.69, 9.17) is 4.74 Å². The SMILES string of the molecule is COCc1nnc(NC(=O)CNc2ccccc2C)s1. The van der Waals surface area contributed by atoms with Crippen molar-refractivity contribution in [3.05, 3.63) is 34.8 Å². The third-order valence-electron chi connectivity index (χ3n) is 2.57. The zero-order valence-electron chi connectivity index (χ0n) is 11.3. The summed E-state index contributed by atoms with van der Waals surface area (Å²) in [5.74, 6) is -0.159. The van der Waals surface area contributed by atoms with Gasteiger partial charge in [-0.3, -0.25) is 10.1 Å². The first-order chi connectivity index (χ1) is 9.69. The molecule has 2 N–H and O–H groups in total. The number of hydrogen-bond acceptors (Lipinski definition) is 6. The minimum absolute atomic E-state index is 0.159. The van der Waals surface area contributed by atoms with Gasteiger partial charge in [0.2, 0.25) is 11.0 Å². The number of aryl methyl sites for hydroxylation is 1. The molecule has 0 atom stereocenters. The fourth-order valence-corrected chi connectivity index (χ4v) is 2.32. The summed E-state index contributed by atoms with van der Waals surface area (Å²) in [5, 5.41) is 14.8. The van der Waals surface area contributed by atoms with Crippen molar-refractivity contribution in [3.63, 3.8) is 0 Å². The molecular weight excluding hydrogens is 276 g/mol. The molecule has 0 saturated carbocycles. The number of anilines is 2. The third-order valence-corrected chi connectivity index (χ3v) is 3.38. The van der Waals surface area contributed by atoms with Crippen LogP contribution >= 0.6 is 11.3 Å². The number of para-hydroxylation sites is 1. The van der Waals surface area contributed by atoms with Crippen molar-refractivity contribution in [2.24, 2.45) is 0 Å². The van der Waals surface area contributed by atoms with E-state index >= 15 is 0 Å². The first-order valence-electron chi connectivity index (χ1n) is 6.09. The fraction of sp³-hybridized carbons (Fsp3) is 0.308. The number of rotatable bonds is 6. The van der Waals surface area contributed by atoms with E-state index in [0.29, 0.717) is 11.7 Å². The van der Waals surface area contributed by atoms with Crippen LogP contribution in [0.5, 0.6) is 0 Å². The molecule has 1 aromatic heterocycles. The second-order valence-electron chi connectivity index (χ2n) is 4.15. The van der Waals surface area contributed by atoms with E-state index in [-0.39, 0.29) is 12.5 Å². The molecule has 0 spiro atoms. The number of aromatic nitrogens is 2. The molecule has 0 aliphatic heterocycles. The number of carbonyl (C=O) groups is 1. The third kappa shape index (κ3) is 4.01. The normalized spacial score (nSPS) is 10.3. The molecule has 2 aromatic rings. The lowest BCUT2D eigenvalue weighted by Crippen LogP contribution is -2.21. The lowest BCUT2D eigenvalue weighted by Gasteiger charge is -2.08. The van der Waals surface area contributed by atoms with Crippen LogP contribution in [-0.2, 0) is 16.1 Å². The topological polar surface area (TPSA) is 76.1 Å². The van der Waals surface area contributed by atoms with Crippen LogP contribution in [0.3, 0.4) is 0 Å². The summed E-state index contributed by atoms with van der Waals surface area (Å²) in [6.07, 6.45) is 0. The summed E-state index contributed by atoms with van der Waals surface area (Å²) in [7, 11) is 1.59. The van der Waals surface area contributed by atoms with Crippen LogP contribution in [0.1, 0.15) is 10.6 Å². The van der Waals surface area contributed by atoms with Gasteiger partial charge in [0.25, 0.3) is 0 Å². The predicted molar refractivity (Wildman–Crippen MR) is 78.9 cm³/mol. The Labute approximate surface area is 121 Å². The summed E-state index contributed by atoms with van der Waals surface area (Å²) < 4.78 is 4.95. The lowest BCUT2D eigenvalue weighted by molar-refractivity contribution is -0.114. The smallest absolute Gasteiger partial charge is 0.245 e. The van der Waals surface area contributed by atoms with Crippen molar-refractivity contribution in [2.45, 2.75) is 13.5 Å². The highest BCUT2D eigenvalue weighted by Crippen LogP contribution is 2.16. The van der Waals surface area contributed by atoms with E-state index in [9.17, 15) is 4.79 Å². The monoisotopic (exact) mass is 292 g/mol. The van der Waals surface area contributed by atoms with E-state index in [1.807, 2.05) is 31.2 Å². The standard InChI is InChI=1S/C13H16N4O2S/c1-9-5-3-4-6-10(9)14-7-11(18)15-13-17-16-12(20-13)8-19-2/h3-6,14H,7-8H2,1-2H3,(H,15,17,18). The molecule has 1 aromatic carbocycles. The number of nitrogens with one attached hydrogen (secondary N) is 2. The van der Waals surface area contributed by atoms with E-state index in [0.717, 1.165) is 16.3 Å². The summed E-state index contributed by atoms with van der Waals surface area (Å²) in [4.78, 5) is 11.8. The molecule has 0 fully saturated rings. The summed E-state index contributed by atoms with van der Waals surface area (Å²) >= 11 is 1.30. The summed E-state index contributed by atoms with van der Waals surface area (Å²) in [5.41, 5.74) is 2.04. The molecular formula is C13H16N4O2S. The van der Waals surface area contributed by atoms with Gasteiger partial charge in [-0.05, 0) is 18.6 Å². The van der Waals surface area contributed by atoms with Crippen molar-refractivity contribution in [1.82, 2.24) is 10.2 Å². The van der Waals surface area contributed by atoms with Gasteiger partial charge in [0.15, 0.2) is 0 Å². The van der Waals surface area contributed by atoms with Gasteiger partial charge >= 0.3 is 0 Å². The Balaban J connectivity index is 1.84. The second-order valence-corrected chi connectivity index (χ2v) is 5.21. The van der Waals surface area contributed by atoms with E-state index in [1.165, 1.54) is 11.3 Å². The van der Waals surface area contributed by atoms with Crippen molar-refractivity contribution in [1.29, 1.82) is 0 Å². The molecule has 0 saturated heterocycles. The van der Waals surface area contributed by atoms with Gasteiger partial charge in [-0.25, -0.2) is 0 Å². The van der Waals surface area contributed by atoms with Crippen molar-refractivity contribution in [2.75, 3.05) is 24.3 Å². The summed E-state index contributed by atoms with van der Waals surface area (Å²) in [6, 6.07) is 7.81. The number of nitrogens with zero attached hydrogens (tertiary/aromatic N) is 2. The number of ether oxygens (including phenoxy) is 1. The van der Waals surface area contributed by atoms with E-state index in [1.54, 1.807) is 7.11 Å². The maximum atomic E-state index is 11.8. The average molecular weight is 292 g/mol. The Morgan fingerprint density at radius 2 is 2.15 bits per heavy atom. The van der Waals surface area contributed by atoms with Crippen LogP contribution in [0.2, 0.25) is 0 Å². The van der Waals surface area contributed by atoms with Crippen molar-refractivity contribution in [3.8, 4) is 0 Å². The summed E-state index contributed by atoms with van der Waals surface area (Å²) in [6.45, 7) is 2.57. The highest BCUT2D eigenvalue weighted by atomic mass is 32.1. The van der Waals surface area contributed by atoms with E-state index in [2.05, 4.69) is 20.8 Å². The Hall–Kier alpha value is -1.99. The molecule has 6 nitrogen and oxygen atoms in total. The molecule has 0 aliphatic rings. The van der Waals surface area contributed by atoms with Crippen LogP contribution in [0.25, 0.3) is 0 Å². The van der Waals surface area contributed by atoms with Crippen LogP contribution in [0.15, 0.2) is 24.3 Å². The maximum Gasteiger partial charge on any atom is 0.245 e. The Morgan fingerprint density at radius 3 is 2.90 bits per heavy atom. The molecule has 20 heavy (non-hydrogen) atoms. The highest BCUT2D eigenvalue weighted by Gasteiger charge is 2.08. The van der Waals surface area contributed by atoms with E-state index < -0.39 is 0 Å². The van der Waals surface area contributed by atoms with Crippen LogP contribution in [-0.4, -0.2) is 29.8 Å². The zero-order chi connectivity index (χ0) is 14.4. The van der Waals surface area contributed by atoms with Crippen molar-refractivity contribution < 1.29 is 9.53 Å². The Morgan fingerprint density at radius 1 is 1.35 bits per heavy atom. The molecule has 2 rings (SSSR count). The van der Waals surface area contributed by atoms with Gasteiger partial charge in [0.05, 0.1) is 6.54 Å². The molecule has 1 amide bonds.